The molecule has 3 heterocycles. The summed E-state index contributed by atoms with van der Waals surface area (Å²) in [5, 5.41) is 12.9. The molecule has 0 radical (unpaired) electrons. The second-order valence-corrected chi connectivity index (χ2v) is 9.32. The van der Waals surface area contributed by atoms with E-state index in [0.29, 0.717) is 60.0 Å². The lowest BCUT2D eigenvalue weighted by molar-refractivity contribution is -0.140. The summed E-state index contributed by atoms with van der Waals surface area (Å²) in [6.07, 6.45) is 1.77. The maximum atomic E-state index is 11.4. The Morgan fingerprint density at radius 2 is 2.15 bits per heavy atom. The van der Waals surface area contributed by atoms with Gasteiger partial charge in [0.1, 0.15) is 11.6 Å². The van der Waals surface area contributed by atoms with E-state index >= 15 is 0 Å². The van der Waals surface area contributed by atoms with Crippen LogP contribution in [-0.4, -0.2) is 62.4 Å². The molecule has 0 aliphatic carbocycles. The van der Waals surface area contributed by atoms with Crippen molar-refractivity contribution >= 4 is 46.3 Å². The van der Waals surface area contributed by atoms with Gasteiger partial charge in [-0.1, -0.05) is 18.2 Å². The Morgan fingerprint density at radius 1 is 1.32 bits per heavy atom. The molecule has 1 aliphatic heterocycles. The number of esters is 1. The maximum absolute atomic E-state index is 11.4. The molecular weight excluding hydrogens is 478 g/mol. The number of amides is 1. The molecule has 2 aromatic heterocycles. The molecule has 1 aliphatic rings. The summed E-state index contributed by atoms with van der Waals surface area (Å²) >= 11 is 2.67. The van der Waals surface area contributed by atoms with Crippen LogP contribution in [0, 0.1) is 0 Å². The molecule has 178 valence electrons. The number of para-hydroxylation sites is 1. The highest BCUT2D eigenvalue weighted by atomic mass is 32.2. The number of nitrogens with one attached hydrogen (secondary N) is 1. The molecule has 1 fully saturated rings. The minimum atomic E-state index is -0.924. The predicted octanol–water partition coefficient (Wildman–Crippen LogP) is 4.59. The molecule has 34 heavy (non-hydrogen) atoms. The number of thioether (sulfide) groups is 1. The fourth-order valence-electron chi connectivity index (χ4n) is 3.34. The third-order valence-electron chi connectivity index (χ3n) is 5.09. The number of carbonyl (C=O) groups excluding carboxylic acids is 1. The van der Waals surface area contributed by atoms with Gasteiger partial charge in [-0.2, -0.15) is 4.37 Å². The van der Waals surface area contributed by atoms with Gasteiger partial charge in [-0.25, -0.2) is 14.8 Å². The van der Waals surface area contributed by atoms with E-state index < -0.39 is 6.09 Å². The fraction of sp³-hybridized carbons (Fsp3) is 0.318. The molecule has 12 heteroatoms. The van der Waals surface area contributed by atoms with Crippen molar-refractivity contribution in [1.82, 2.24) is 19.2 Å². The number of ether oxygens (including phenoxy) is 2. The maximum Gasteiger partial charge on any atom is 0.407 e. The number of carbonyl (C=O) groups is 2. The van der Waals surface area contributed by atoms with Crippen LogP contribution in [0.4, 0.5) is 15.7 Å². The van der Waals surface area contributed by atoms with E-state index in [1.165, 1.54) is 35.3 Å². The van der Waals surface area contributed by atoms with Crippen molar-refractivity contribution in [2.45, 2.75) is 23.7 Å². The minimum Gasteiger partial charge on any atom is -0.469 e. The summed E-state index contributed by atoms with van der Waals surface area (Å²) in [5.41, 5.74) is 0. The Kier molecular flexibility index (Phi) is 7.80. The quantitative estimate of drug-likeness (QED) is 0.317. The summed E-state index contributed by atoms with van der Waals surface area (Å²) in [6.45, 7) is 0.872. The standard InChI is InChI=1S/C22H23N5O5S2/c1-31-18(28)8-10-33-16-11-17(32-15-5-3-2-4-6-15)20(23-12-16)25-21-24-19(26-34-21)14-7-9-27(13-14)22(29)30/h2-6,11-12,14H,7-10,13H2,1H3,(H,29,30)(H,23,24,25,26). The normalized spacial score (nSPS) is 15.2. The molecule has 0 bridgehead atoms. The summed E-state index contributed by atoms with van der Waals surface area (Å²) in [5.74, 6) is 2.52. The lowest BCUT2D eigenvalue weighted by Crippen LogP contribution is -2.26. The van der Waals surface area contributed by atoms with E-state index in [2.05, 4.69) is 24.4 Å². The van der Waals surface area contributed by atoms with E-state index in [9.17, 15) is 14.7 Å². The van der Waals surface area contributed by atoms with Crippen LogP contribution >= 0.6 is 23.3 Å². The third-order valence-corrected chi connectivity index (χ3v) is 6.70. The number of hydrogen-bond acceptors (Lipinski definition) is 10. The molecule has 1 atom stereocenters. The van der Waals surface area contributed by atoms with Crippen LogP contribution < -0.4 is 10.1 Å². The Labute approximate surface area is 204 Å². The first-order valence-corrected chi connectivity index (χ1v) is 12.3. The number of aromatic nitrogens is 3. The highest BCUT2D eigenvalue weighted by molar-refractivity contribution is 7.99. The van der Waals surface area contributed by atoms with E-state index in [-0.39, 0.29) is 11.9 Å². The first kappa shape index (κ1) is 23.8. The molecule has 4 rings (SSSR count). The van der Waals surface area contributed by atoms with E-state index in [1.807, 2.05) is 36.4 Å². The van der Waals surface area contributed by atoms with Crippen LogP contribution in [0.25, 0.3) is 0 Å². The molecule has 10 nitrogen and oxygen atoms in total. The topological polar surface area (TPSA) is 127 Å². The van der Waals surface area contributed by atoms with Gasteiger partial charge in [0, 0.05) is 47.4 Å². The van der Waals surface area contributed by atoms with Crippen LogP contribution in [-0.2, 0) is 9.53 Å². The lowest BCUT2D eigenvalue weighted by atomic mass is 10.1. The van der Waals surface area contributed by atoms with Crippen LogP contribution in [0.2, 0.25) is 0 Å². The van der Waals surface area contributed by atoms with Gasteiger partial charge >= 0.3 is 12.1 Å². The molecular formula is C22H23N5O5S2. The number of rotatable bonds is 9. The van der Waals surface area contributed by atoms with Gasteiger partial charge < -0.3 is 24.8 Å². The van der Waals surface area contributed by atoms with E-state index in [0.717, 1.165) is 4.90 Å². The number of pyridine rings is 1. The van der Waals surface area contributed by atoms with Crippen LogP contribution in [0.5, 0.6) is 11.5 Å². The Bertz CT molecular complexity index is 1140. The first-order chi connectivity index (χ1) is 16.5. The van der Waals surface area contributed by atoms with Crippen LogP contribution in [0.3, 0.4) is 0 Å². The summed E-state index contributed by atoms with van der Waals surface area (Å²) in [7, 11) is 1.37. The molecule has 1 amide bonds. The Balaban J connectivity index is 1.49. The Morgan fingerprint density at radius 3 is 2.88 bits per heavy atom. The summed E-state index contributed by atoms with van der Waals surface area (Å²) in [4.78, 5) is 33.9. The third kappa shape index (κ3) is 6.14. The average Bonchev–Trinajstić information content (AvgIpc) is 3.51. The van der Waals surface area contributed by atoms with Crippen molar-refractivity contribution in [2.75, 3.05) is 31.3 Å². The Hall–Kier alpha value is -3.38. The van der Waals surface area contributed by atoms with Gasteiger partial charge in [0.2, 0.25) is 5.13 Å². The van der Waals surface area contributed by atoms with Gasteiger partial charge in [0.05, 0.1) is 13.5 Å². The smallest absolute Gasteiger partial charge is 0.407 e. The van der Waals surface area contributed by atoms with Crippen LogP contribution in [0.15, 0.2) is 47.5 Å². The van der Waals surface area contributed by atoms with Gasteiger partial charge in [0.15, 0.2) is 11.6 Å². The zero-order chi connectivity index (χ0) is 23.9. The van der Waals surface area contributed by atoms with Gasteiger partial charge in [0.25, 0.3) is 0 Å². The number of hydrogen-bond donors (Lipinski definition) is 2. The molecule has 2 N–H and O–H groups in total. The zero-order valence-electron chi connectivity index (χ0n) is 18.3. The second-order valence-electron chi connectivity index (χ2n) is 7.40. The molecule has 1 unspecified atom stereocenters. The largest absolute Gasteiger partial charge is 0.469 e. The van der Waals surface area contributed by atoms with Crippen molar-refractivity contribution in [1.29, 1.82) is 0 Å². The molecule has 1 aromatic carbocycles. The van der Waals surface area contributed by atoms with Crippen molar-refractivity contribution in [3.8, 4) is 11.5 Å². The van der Waals surface area contributed by atoms with Gasteiger partial charge in [-0.05, 0) is 24.6 Å². The molecule has 0 saturated carbocycles. The number of anilines is 2. The first-order valence-electron chi connectivity index (χ1n) is 10.5. The van der Waals surface area contributed by atoms with Crippen molar-refractivity contribution in [3.05, 3.63) is 48.4 Å². The number of benzene rings is 1. The number of carboxylic acid groups (broad SMARTS) is 1. The fourth-order valence-corrected chi connectivity index (χ4v) is 4.81. The highest BCUT2D eigenvalue weighted by Crippen LogP contribution is 2.35. The van der Waals surface area contributed by atoms with E-state index in [4.69, 9.17) is 4.74 Å². The summed E-state index contributed by atoms with van der Waals surface area (Å²) < 4.78 is 15.2. The second kappa shape index (κ2) is 11.2. The molecule has 3 aromatic rings. The predicted molar refractivity (Wildman–Crippen MR) is 128 cm³/mol. The van der Waals surface area contributed by atoms with E-state index in [1.54, 1.807) is 6.20 Å². The monoisotopic (exact) mass is 501 g/mol. The SMILES string of the molecule is COC(=O)CCSc1cnc(Nc2nc(C3CCN(C(=O)O)C3)ns2)c(Oc2ccccc2)c1. The summed E-state index contributed by atoms with van der Waals surface area (Å²) in [6, 6.07) is 11.2. The van der Waals surface area contributed by atoms with Crippen LogP contribution in [0.1, 0.15) is 24.6 Å². The van der Waals surface area contributed by atoms with Gasteiger partial charge in [-0.15, -0.1) is 11.8 Å². The highest BCUT2D eigenvalue weighted by Gasteiger charge is 2.29. The zero-order valence-corrected chi connectivity index (χ0v) is 20.0. The number of nitrogens with zero attached hydrogens (tertiary/aromatic N) is 4. The molecule has 1 saturated heterocycles. The molecule has 0 spiro atoms. The van der Waals surface area contributed by atoms with Crippen molar-refractivity contribution < 1.29 is 24.2 Å². The van der Waals surface area contributed by atoms with Crippen molar-refractivity contribution in [3.63, 3.8) is 0 Å². The lowest BCUT2D eigenvalue weighted by Gasteiger charge is -2.12. The average molecular weight is 502 g/mol. The number of methoxy groups -OCH3 is 1. The number of likely N-dealkylation sites (tertiary alicyclic amines) is 1. The van der Waals surface area contributed by atoms with Crippen molar-refractivity contribution in [2.24, 2.45) is 0 Å². The minimum absolute atomic E-state index is 0.0236. The van der Waals surface area contributed by atoms with Gasteiger partial charge in [-0.3, -0.25) is 4.79 Å².